The van der Waals surface area contributed by atoms with Crippen LogP contribution in [0, 0.1) is 0 Å². The second kappa shape index (κ2) is 23.4. The van der Waals surface area contributed by atoms with Gasteiger partial charge in [0.2, 0.25) is 0 Å². The third-order valence-electron chi connectivity index (χ3n) is 22.3. The zero-order chi connectivity index (χ0) is 70.7. The molecule has 0 unspecified atom stereocenters. The summed E-state index contributed by atoms with van der Waals surface area (Å²) in [5.74, 6) is 1.67. The number of hydrogen-bond donors (Lipinski definition) is 0. The maximum Gasteiger partial charge on any atom is 0.164 e. The molecule has 0 saturated heterocycles. The van der Waals surface area contributed by atoms with Gasteiger partial charge in [-0.25, -0.2) is 15.0 Å². The lowest BCUT2D eigenvalue weighted by Crippen LogP contribution is -2.04. The predicted molar refractivity (Wildman–Crippen MR) is 445 cm³/mol. The Balaban J connectivity index is 0.802. The maximum absolute atomic E-state index is 5.51. The molecule has 0 aliphatic heterocycles. The monoisotopic (exact) mass is 1380 g/mol. The van der Waals surface area contributed by atoms with E-state index >= 15 is 0 Å². The molecule has 0 radical (unpaired) electrons. The number of aromatic nitrogens is 10. The van der Waals surface area contributed by atoms with Crippen LogP contribution in [0.4, 0.5) is 0 Å². The number of hydrogen-bond acceptors (Lipinski definition) is 4. The molecule has 0 fully saturated rings. The molecule has 15 aromatic carbocycles. The van der Waals surface area contributed by atoms with E-state index in [-0.39, 0.29) is 0 Å². The second-order valence-corrected chi connectivity index (χ2v) is 28.1. The van der Waals surface area contributed by atoms with Crippen molar-refractivity contribution in [1.82, 2.24) is 47.3 Å². The van der Waals surface area contributed by atoms with Gasteiger partial charge in [0.25, 0.3) is 0 Å². The van der Waals surface area contributed by atoms with Gasteiger partial charge in [0, 0.05) is 128 Å². The molecule has 0 amide bonds. The van der Waals surface area contributed by atoms with Crippen LogP contribution in [0.5, 0.6) is 0 Å². The summed E-state index contributed by atoms with van der Waals surface area (Å²) in [6.07, 6.45) is 3.97. The van der Waals surface area contributed by atoms with Crippen molar-refractivity contribution in [1.29, 1.82) is 0 Å². The van der Waals surface area contributed by atoms with E-state index in [2.05, 4.69) is 343 Å². The third kappa shape index (κ3) is 8.89. The average molecular weight is 1380 g/mol. The van der Waals surface area contributed by atoms with Crippen LogP contribution in [-0.4, -0.2) is 47.3 Å². The van der Waals surface area contributed by atoms with Gasteiger partial charge in [0.1, 0.15) is 0 Å². The molecule has 0 aliphatic carbocycles. The predicted octanol–water partition coefficient (Wildman–Crippen LogP) is 24.5. The minimum absolute atomic E-state index is 0.529. The first kappa shape index (κ1) is 59.8. The molecule has 0 atom stereocenters. The molecule has 502 valence electrons. The van der Waals surface area contributed by atoms with Crippen LogP contribution in [0.1, 0.15) is 0 Å². The molecule has 0 N–H and O–H groups in total. The van der Waals surface area contributed by atoms with E-state index < -0.39 is 0 Å². The molecule has 8 aromatic heterocycles. The molecule has 23 rings (SSSR count). The van der Waals surface area contributed by atoms with E-state index in [1.165, 1.54) is 43.1 Å². The van der Waals surface area contributed by atoms with Gasteiger partial charge in [0.05, 0.1) is 71.9 Å². The Bertz CT molecular complexity index is 7080. The van der Waals surface area contributed by atoms with Crippen molar-refractivity contribution in [2.45, 2.75) is 0 Å². The Hall–Kier alpha value is -14.7. The van der Waals surface area contributed by atoms with Crippen LogP contribution in [-0.2, 0) is 0 Å². The number of para-hydroxylation sites is 8. The highest BCUT2D eigenvalue weighted by atomic mass is 15.1. The lowest BCUT2D eigenvalue weighted by atomic mass is 9.97. The summed E-state index contributed by atoms with van der Waals surface area (Å²) in [7, 11) is 0. The summed E-state index contributed by atoms with van der Waals surface area (Å²) in [6.45, 7) is 0. The number of fused-ring (bicyclic) bond motifs is 18. The minimum Gasteiger partial charge on any atom is -0.309 e. The highest BCUT2D eigenvalue weighted by Crippen LogP contribution is 2.46. The fraction of sp³-hybridized carbons (Fsp3) is 0. The summed E-state index contributed by atoms with van der Waals surface area (Å²) in [5.41, 5.74) is 23.9. The number of pyridine rings is 1. The minimum atomic E-state index is 0.529. The number of benzene rings is 15. The van der Waals surface area contributed by atoms with Crippen LogP contribution in [0.3, 0.4) is 0 Å². The topological polar surface area (TPSA) is 81.1 Å². The lowest BCUT2D eigenvalue weighted by Gasteiger charge is -2.19. The van der Waals surface area contributed by atoms with Crippen molar-refractivity contribution in [3.05, 3.63) is 364 Å². The molecule has 8 heterocycles. The zero-order valence-corrected chi connectivity index (χ0v) is 58.1. The van der Waals surface area contributed by atoms with Gasteiger partial charge in [-0.2, -0.15) is 0 Å². The largest absolute Gasteiger partial charge is 0.309 e. The molecule has 0 bridgehead atoms. The zero-order valence-electron chi connectivity index (χ0n) is 58.1. The van der Waals surface area contributed by atoms with Crippen LogP contribution in [0.2, 0.25) is 0 Å². The molecule has 0 saturated carbocycles. The first-order valence-electron chi connectivity index (χ1n) is 36.7. The SMILES string of the molecule is c1ccc(-c2nc(-c3ccccc3)nc(-c3ccc(-n4c5ccc(-n6c7ccccc7c7ccccc76)cc5c5cc(-n6c7ccccc7c7ccccc76)ccc54)cc3-c3cnccc3-n3c4ccc(-n5c6ccccc6c6ccccc65)cc4c4cc(-n5c6ccccc6c6ccccc65)ccc43)n2)cc1. The van der Waals surface area contributed by atoms with Crippen molar-refractivity contribution in [2.24, 2.45) is 0 Å². The van der Waals surface area contributed by atoms with Gasteiger partial charge in [-0.15, -0.1) is 0 Å². The van der Waals surface area contributed by atoms with E-state index in [0.717, 1.165) is 150 Å². The van der Waals surface area contributed by atoms with Gasteiger partial charge in [-0.05, 0) is 151 Å². The van der Waals surface area contributed by atoms with Crippen LogP contribution >= 0.6 is 0 Å². The van der Waals surface area contributed by atoms with Crippen LogP contribution in [0.25, 0.3) is 210 Å². The first-order valence-corrected chi connectivity index (χ1v) is 36.7. The van der Waals surface area contributed by atoms with E-state index in [0.29, 0.717) is 17.5 Å². The summed E-state index contributed by atoms with van der Waals surface area (Å²) in [5, 5.41) is 14.1. The summed E-state index contributed by atoms with van der Waals surface area (Å²) in [6, 6.07) is 128. The Labute approximate surface area is 618 Å². The van der Waals surface area contributed by atoms with Gasteiger partial charge >= 0.3 is 0 Å². The Morgan fingerprint density at radius 3 is 0.759 bits per heavy atom. The molecule has 10 heteroatoms. The molecular formula is C98H60N10. The summed E-state index contributed by atoms with van der Waals surface area (Å²) < 4.78 is 14.6. The second-order valence-electron chi connectivity index (χ2n) is 28.1. The fourth-order valence-electron chi connectivity index (χ4n) is 17.7. The van der Waals surface area contributed by atoms with E-state index in [1.54, 1.807) is 0 Å². The highest BCUT2D eigenvalue weighted by Gasteiger charge is 2.27. The first-order chi connectivity index (χ1) is 53.6. The molecule has 0 spiro atoms. The molecule has 23 aromatic rings. The number of rotatable bonds is 10. The van der Waals surface area contributed by atoms with Gasteiger partial charge in [-0.1, -0.05) is 206 Å². The normalized spacial score (nSPS) is 12.1. The van der Waals surface area contributed by atoms with E-state index in [9.17, 15) is 0 Å². The Morgan fingerprint density at radius 2 is 0.435 bits per heavy atom. The highest BCUT2D eigenvalue weighted by molar-refractivity contribution is 6.17. The van der Waals surface area contributed by atoms with Crippen molar-refractivity contribution in [3.8, 4) is 79.4 Å². The van der Waals surface area contributed by atoms with Crippen LogP contribution < -0.4 is 0 Å². The standard InChI is InChI=1S/C98H60N10/c1-3-23-61(24-4-1)96-100-97(62-25-5-2-6-26-62)102-98(101-96)76-48-43-63(107-91-49-44-64(103-83-35-15-7-27-68(83)69-28-8-16-36-84(69)103)56-78(91)79-57-65(45-50-92(79)107)104-85-37-17-9-29-70(85)71-30-10-18-38-86(71)104)55-77(76)82-60-99-54-53-95(82)108-93-51-46-66(105-87-39-19-11-31-72(87)73-32-12-20-40-88(73)105)58-80(93)81-59-67(47-52-94(81)108)106-89-41-21-13-33-74(89)75-34-14-22-42-90(75)106/h1-60H. The van der Waals surface area contributed by atoms with Crippen molar-refractivity contribution in [2.75, 3.05) is 0 Å². The molecular weight excluding hydrogens is 1320 g/mol. The smallest absolute Gasteiger partial charge is 0.164 e. The fourth-order valence-corrected chi connectivity index (χ4v) is 17.7. The van der Waals surface area contributed by atoms with Crippen molar-refractivity contribution >= 4 is 131 Å². The molecule has 0 aliphatic rings. The van der Waals surface area contributed by atoms with Gasteiger partial charge in [-0.3, -0.25) is 4.98 Å². The van der Waals surface area contributed by atoms with Gasteiger partial charge < -0.3 is 27.4 Å². The van der Waals surface area contributed by atoms with Crippen LogP contribution in [0.15, 0.2) is 364 Å². The third-order valence-corrected chi connectivity index (χ3v) is 22.3. The quantitative estimate of drug-likeness (QED) is 0.137. The lowest BCUT2D eigenvalue weighted by molar-refractivity contribution is 1.07. The summed E-state index contributed by atoms with van der Waals surface area (Å²) in [4.78, 5) is 21.4. The Kier molecular flexibility index (Phi) is 12.9. The van der Waals surface area contributed by atoms with Crippen molar-refractivity contribution in [3.63, 3.8) is 0 Å². The van der Waals surface area contributed by atoms with E-state index in [1.807, 2.05) is 48.8 Å². The number of nitrogens with zero attached hydrogens (tertiary/aromatic N) is 10. The molecule has 10 nitrogen and oxygen atoms in total. The summed E-state index contributed by atoms with van der Waals surface area (Å²) >= 11 is 0. The maximum atomic E-state index is 5.51. The van der Waals surface area contributed by atoms with Gasteiger partial charge in [0.15, 0.2) is 17.5 Å². The average Bonchev–Trinajstić information content (AvgIpc) is 1.57. The van der Waals surface area contributed by atoms with E-state index in [4.69, 9.17) is 19.9 Å². The molecule has 108 heavy (non-hydrogen) atoms. The Morgan fingerprint density at radius 1 is 0.176 bits per heavy atom. The van der Waals surface area contributed by atoms with Crippen molar-refractivity contribution < 1.29 is 0 Å².